The second kappa shape index (κ2) is 4.50. The summed E-state index contributed by atoms with van der Waals surface area (Å²) in [7, 11) is 1.50. The quantitative estimate of drug-likeness (QED) is 0.744. The second-order valence-electron chi connectivity index (χ2n) is 3.06. The zero-order valence-electron chi connectivity index (χ0n) is 8.52. The molecule has 0 aromatic heterocycles. The number of benzene rings is 1. The minimum Gasteiger partial charge on any atom is -0.507 e. The second-order valence-corrected chi connectivity index (χ2v) is 3.06. The number of hydrogen-bond acceptors (Lipinski definition) is 3. The van der Waals surface area contributed by atoms with E-state index in [1.807, 2.05) is 0 Å². The van der Waals surface area contributed by atoms with E-state index in [0.29, 0.717) is 11.3 Å². The highest BCUT2D eigenvalue weighted by atomic mass is 16.5. The van der Waals surface area contributed by atoms with Gasteiger partial charge in [0.25, 0.3) is 0 Å². The fraction of sp³-hybridized carbons (Fsp3) is 0.182. The molecule has 0 spiro atoms. The number of carbonyl (C=O) groups is 1. The van der Waals surface area contributed by atoms with Crippen molar-refractivity contribution in [3.05, 3.63) is 29.3 Å². The highest BCUT2D eigenvalue weighted by Gasteiger charge is 2.04. The Morgan fingerprint density at radius 2 is 2.13 bits per heavy atom. The summed E-state index contributed by atoms with van der Waals surface area (Å²) in [5.74, 6) is -0.425. The molecule has 1 aromatic rings. The molecule has 0 fully saturated rings. The van der Waals surface area contributed by atoms with Crippen LogP contribution in [0.2, 0.25) is 0 Å². The van der Waals surface area contributed by atoms with E-state index in [9.17, 15) is 9.90 Å². The molecule has 4 nitrogen and oxygen atoms in total. The zero-order valence-corrected chi connectivity index (χ0v) is 8.52. The number of carboxylic acid groups (broad SMARTS) is 1. The average Bonchev–Trinajstić information content (AvgIpc) is 2.21. The molecule has 0 amide bonds. The Kier molecular flexibility index (Phi) is 3.33. The summed E-state index contributed by atoms with van der Waals surface area (Å²) in [5, 5.41) is 18.1. The average molecular weight is 208 g/mol. The molecule has 0 aliphatic rings. The fourth-order valence-corrected chi connectivity index (χ4v) is 1.07. The first-order valence-electron chi connectivity index (χ1n) is 4.33. The van der Waals surface area contributed by atoms with Gasteiger partial charge in [0.15, 0.2) is 0 Å². The first-order chi connectivity index (χ1) is 7.04. The third-order valence-corrected chi connectivity index (χ3v) is 1.94. The number of hydrogen-bond donors (Lipinski definition) is 2. The Balaban J connectivity index is 3.13. The molecule has 0 aliphatic heterocycles. The van der Waals surface area contributed by atoms with Gasteiger partial charge in [-0.15, -0.1) is 0 Å². The van der Waals surface area contributed by atoms with Crippen LogP contribution in [-0.2, 0) is 4.79 Å². The normalized spacial score (nSPS) is 11.2. The van der Waals surface area contributed by atoms with Gasteiger partial charge in [0.2, 0.25) is 0 Å². The lowest BCUT2D eigenvalue weighted by Gasteiger charge is -2.03. The van der Waals surface area contributed by atoms with Crippen LogP contribution in [0.3, 0.4) is 0 Å². The van der Waals surface area contributed by atoms with Crippen molar-refractivity contribution in [2.75, 3.05) is 7.11 Å². The summed E-state index contributed by atoms with van der Waals surface area (Å²) in [6.45, 7) is 1.46. The van der Waals surface area contributed by atoms with E-state index in [1.54, 1.807) is 12.1 Å². The molecular weight excluding hydrogens is 196 g/mol. The Morgan fingerprint density at radius 3 is 2.67 bits per heavy atom. The molecule has 0 heterocycles. The Hall–Kier alpha value is -1.97. The Labute approximate surface area is 87.4 Å². The maximum Gasteiger partial charge on any atom is 0.331 e. The number of ether oxygens (including phenoxy) is 1. The molecule has 1 aromatic carbocycles. The highest BCUT2D eigenvalue weighted by Crippen LogP contribution is 2.24. The minimum absolute atomic E-state index is 0.0244. The van der Waals surface area contributed by atoms with Crippen LogP contribution >= 0.6 is 0 Å². The number of methoxy groups -OCH3 is 1. The van der Waals surface area contributed by atoms with Crippen LogP contribution < -0.4 is 4.74 Å². The van der Waals surface area contributed by atoms with Crippen LogP contribution in [0.15, 0.2) is 23.8 Å². The van der Waals surface area contributed by atoms with Gasteiger partial charge in [-0.25, -0.2) is 4.79 Å². The molecule has 0 saturated heterocycles. The van der Waals surface area contributed by atoms with Crippen molar-refractivity contribution in [2.24, 2.45) is 0 Å². The van der Waals surface area contributed by atoms with Gasteiger partial charge in [0.05, 0.1) is 7.11 Å². The predicted molar refractivity (Wildman–Crippen MR) is 55.9 cm³/mol. The number of phenolic OH excluding ortho intramolecular Hbond substituents is 1. The molecule has 0 atom stereocenters. The zero-order chi connectivity index (χ0) is 11.4. The van der Waals surface area contributed by atoms with Crippen molar-refractivity contribution in [3.63, 3.8) is 0 Å². The summed E-state index contributed by atoms with van der Waals surface area (Å²) >= 11 is 0. The maximum absolute atomic E-state index is 10.6. The van der Waals surface area contributed by atoms with Crippen LogP contribution in [-0.4, -0.2) is 23.3 Å². The lowest BCUT2D eigenvalue weighted by atomic mass is 10.1. The van der Waals surface area contributed by atoms with E-state index in [-0.39, 0.29) is 11.3 Å². The lowest BCUT2D eigenvalue weighted by Crippen LogP contribution is -1.95. The van der Waals surface area contributed by atoms with Crippen molar-refractivity contribution >= 4 is 12.0 Å². The largest absolute Gasteiger partial charge is 0.507 e. The SMILES string of the molecule is COc1ccc(O)c(/C=C(\C)C(=O)O)c1. The summed E-state index contributed by atoms with van der Waals surface area (Å²) in [6, 6.07) is 4.63. The van der Waals surface area contributed by atoms with Gasteiger partial charge >= 0.3 is 5.97 Å². The minimum atomic E-state index is -1.02. The van der Waals surface area contributed by atoms with Gasteiger partial charge in [-0.2, -0.15) is 0 Å². The maximum atomic E-state index is 10.6. The molecule has 0 radical (unpaired) electrons. The van der Waals surface area contributed by atoms with Crippen LogP contribution in [0.4, 0.5) is 0 Å². The van der Waals surface area contributed by atoms with Gasteiger partial charge in [-0.05, 0) is 31.2 Å². The third-order valence-electron chi connectivity index (χ3n) is 1.94. The molecule has 2 N–H and O–H groups in total. The standard InChI is InChI=1S/C11H12O4/c1-7(11(13)14)5-8-6-9(15-2)3-4-10(8)12/h3-6,12H,1-2H3,(H,13,14)/b7-5+. The number of aliphatic carboxylic acids is 1. The van der Waals surface area contributed by atoms with Gasteiger partial charge in [0.1, 0.15) is 11.5 Å². The van der Waals surface area contributed by atoms with Gasteiger partial charge in [-0.1, -0.05) is 0 Å². The van der Waals surface area contributed by atoms with Gasteiger partial charge < -0.3 is 14.9 Å². The highest BCUT2D eigenvalue weighted by molar-refractivity contribution is 5.91. The number of aromatic hydroxyl groups is 1. The first kappa shape index (κ1) is 11.1. The molecule has 80 valence electrons. The van der Waals surface area contributed by atoms with Crippen molar-refractivity contribution in [3.8, 4) is 11.5 Å². The summed E-state index contributed by atoms with van der Waals surface area (Å²) < 4.78 is 4.96. The fourth-order valence-electron chi connectivity index (χ4n) is 1.07. The van der Waals surface area contributed by atoms with E-state index in [0.717, 1.165) is 0 Å². The van der Waals surface area contributed by atoms with Crippen molar-refractivity contribution in [2.45, 2.75) is 6.92 Å². The molecule has 15 heavy (non-hydrogen) atoms. The van der Waals surface area contributed by atoms with Crippen LogP contribution in [0.1, 0.15) is 12.5 Å². The molecule has 0 bridgehead atoms. The van der Waals surface area contributed by atoms with Crippen LogP contribution in [0.25, 0.3) is 6.08 Å². The number of carboxylic acids is 1. The molecule has 0 saturated carbocycles. The van der Waals surface area contributed by atoms with Crippen molar-refractivity contribution in [1.82, 2.24) is 0 Å². The molecule has 1 rings (SSSR count). The molecular formula is C11H12O4. The monoisotopic (exact) mass is 208 g/mol. The summed E-state index contributed by atoms with van der Waals surface area (Å²) in [5.41, 5.74) is 0.577. The first-order valence-corrected chi connectivity index (χ1v) is 4.33. The summed E-state index contributed by atoms with van der Waals surface area (Å²) in [4.78, 5) is 10.6. The van der Waals surface area contributed by atoms with Crippen molar-refractivity contribution in [1.29, 1.82) is 0 Å². The van der Waals surface area contributed by atoms with Crippen molar-refractivity contribution < 1.29 is 19.7 Å². The van der Waals surface area contributed by atoms with Gasteiger partial charge in [0, 0.05) is 11.1 Å². The smallest absolute Gasteiger partial charge is 0.331 e. The van der Waals surface area contributed by atoms with Gasteiger partial charge in [-0.3, -0.25) is 0 Å². The van der Waals surface area contributed by atoms with Crippen LogP contribution in [0.5, 0.6) is 11.5 Å². The number of phenols is 1. The van der Waals surface area contributed by atoms with E-state index >= 15 is 0 Å². The molecule has 4 heteroatoms. The molecule has 0 aliphatic carbocycles. The Morgan fingerprint density at radius 1 is 1.47 bits per heavy atom. The number of rotatable bonds is 3. The third kappa shape index (κ3) is 2.74. The lowest BCUT2D eigenvalue weighted by molar-refractivity contribution is -0.132. The topological polar surface area (TPSA) is 66.8 Å². The van der Waals surface area contributed by atoms with E-state index < -0.39 is 5.97 Å². The Bertz CT molecular complexity index is 407. The van der Waals surface area contributed by atoms with E-state index in [1.165, 1.54) is 26.2 Å². The summed E-state index contributed by atoms with van der Waals surface area (Å²) in [6.07, 6.45) is 1.39. The van der Waals surface area contributed by atoms with E-state index in [4.69, 9.17) is 9.84 Å². The van der Waals surface area contributed by atoms with E-state index in [2.05, 4.69) is 0 Å². The van der Waals surface area contributed by atoms with Crippen LogP contribution in [0, 0.1) is 0 Å². The molecule has 0 unspecified atom stereocenters. The predicted octanol–water partition coefficient (Wildman–Crippen LogP) is 1.89.